The van der Waals surface area contributed by atoms with Crippen molar-refractivity contribution in [1.29, 1.82) is 0 Å². The van der Waals surface area contributed by atoms with Crippen molar-refractivity contribution in [2.75, 3.05) is 0 Å². The number of aryl methyl sites for hydroxylation is 1. The van der Waals surface area contributed by atoms with Crippen LogP contribution < -0.4 is 5.32 Å². The molecule has 1 aromatic carbocycles. The van der Waals surface area contributed by atoms with Gasteiger partial charge in [0.15, 0.2) is 0 Å². The molecule has 0 saturated heterocycles. The highest BCUT2D eigenvalue weighted by Crippen LogP contribution is 2.25. The molecule has 1 aliphatic heterocycles. The number of carboxylic acid groups (broad SMARTS) is 1. The van der Waals surface area contributed by atoms with Crippen molar-refractivity contribution >= 4 is 5.97 Å². The Morgan fingerprint density at radius 2 is 2.20 bits per heavy atom. The second-order valence-electron chi connectivity index (χ2n) is 3.88. The fourth-order valence-electron chi connectivity index (χ4n) is 1.85. The molecule has 2 rings (SSSR count). The zero-order chi connectivity index (χ0) is 11.0. The number of aliphatic carboxylic acids is 1. The van der Waals surface area contributed by atoms with Gasteiger partial charge in [0.2, 0.25) is 0 Å². The molecule has 0 saturated carbocycles. The Morgan fingerprint density at radius 1 is 1.47 bits per heavy atom. The molecule has 80 valence electrons. The van der Waals surface area contributed by atoms with Gasteiger partial charge in [0.05, 0.1) is 0 Å². The van der Waals surface area contributed by atoms with Crippen molar-refractivity contribution in [2.45, 2.75) is 25.9 Å². The van der Waals surface area contributed by atoms with Gasteiger partial charge >= 0.3 is 5.97 Å². The van der Waals surface area contributed by atoms with Gasteiger partial charge in [-0.25, -0.2) is 0 Å². The Balaban J connectivity index is 2.34. The molecular weight excluding hydrogens is 194 g/mol. The van der Waals surface area contributed by atoms with Crippen LogP contribution in [0, 0.1) is 6.92 Å². The Hall–Kier alpha value is -1.55. The highest BCUT2D eigenvalue weighted by Gasteiger charge is 2.24. The molecule has 0 spiro atoms. The zero-order valence-corrected chi connectivity index (χ0v) is 8.45. The number of aromatic hydroxyl groups is 1. The standard InChI is InChI=1S/C11H13NO3/c1-6-2-8-5-12-9(11(14)15)3-7(8)4-10(6)13/h2,4,9,12-13H,3,5H2,1H3,(H,14,15). The van der Waals surface area contributed by atoms with E-state index in [-0.39, 0.29) is 5.75 Å². The normalized spacial score (nSPS) is 19.7. The lowest BCUT2D eigenvalue weighted by atomic mass is 9.94. The maximum absolute atomic E-state index is 10.8. The van der Waals surface area contributed by atoms with Gasteiger partial charge in [-0.15, -0.1) is 0 Å². The van der Waals surface area contributed by atoms with Crippen LogP contribution in [0.25, 0.3) is 0 Å². The average Bonchev–Trinajstić information content (AvgIpc) is 2.19. The Labute approximate surface area is 87.6 Å². The second kappa shape index (κ2) is 3.55. The molecule has 1 aliphatic rings. The van der Waals surface area contributed by atoms with Crippen molar-refractivity contribution in [1.82, 2.24) is 5.32 Å². The first-order valence-electron chi connectivity index (χ1n) is 4.85. The number of phenolic OH excluding ortho intramolecular Hbond substituents is 1. The summed E-state index contributed by atoms with van der Waals surface area (Å²) >= 11 is 0. The molecule has 0 bridgehead atoms. The molecule has 0 aliphatic carbocycles. The first-order chi connectivity index (χ1) is 7.08. The lowest BCUT2D eigenvalue weighted by Gasteiger charge is -2.23. The van der Waals surface area contributed by atoms with E-state index in [0.717, 1.165) is 16.7 Å². The summed E-state index contributed by atoms with van der Waals surface area (Å²) in [5.74, 6) is -0.611. The fourth-order valence-corrected chi connectivity index (χ4v) is 1.85. The summed E-state index contributed by atoms with van der Waals surface area (Å²) in [4.78, 5) is 10.8. The summed E-state index contributed by atoms with van der Waals surface area (Å²) in [6, 6.07) is 3.02. The minimum atomic E-state index is -0.847. The van der Waals surface area contributed by atoms with Gasteiger partial charge in [0.1, 0.15) is 11.8 Å². The van der Waals surface area contributed by atoms with E-state index in [1.807, 2.05) is 13.0 Å². The van der Waals surface area contributed by atoms with E-state index in [4.69, 9.17) is 5.11 Å². The molecule has 1 atom stereocenters. The molecule has 4 heteroatoms. The molecule has 4 nitrogen and oxygen atoms in total. The van der Waals surface area contributed by atoms with E-state index >= 15 is 0 Å². The van der Waals surface area contributed by atoms with Crippen molar-refractivity contribution < 1.29 is 15.0 Å². The molecule has 1 unspecified atom stereocenters. The van der Waals surface area contributed by atoms with Crippen LogP contribution in [-0.2, 0) is 17.8 Å². The highest BCUT2D eigenvalue weighted by atomic mass is 16.4. The Morgan fingerprint density at radius 3 is 2.87 bits per heavy atom. The van der Waals surface area contributed by atoms with Gasteiger partial charge in [-0.1, -0.05) is 6.07 Å². The third-order valence-corrected chi connectivity index (χ3v) is 2.78. The van der Waals surface area contributed by atoms with Crippen LogP contribution in [0.1, 0.15) is 16.7 Å². The number of hydrogen-bond acceptors (Lipinski definition) is 3. The Bertz CT molecular complexity index is 415. The van der Waals surface area contributed by atoms with Crippen LogP contribution >= 0.6 is 0 Å². The van der Waals surface area contributed by atoms with Crippen LogP contribution in [0.15, 0.2) is 12.1 Å². The summed E-state index contributed by atoms with van der Waals surface area (Å²) in [7, 11) is 0. The quantitative estimate of drug-likeness (QED) is 0.637. The Kier molecular flexibility index (Phi) is 2.36. The van der Waals surface area contributed by atoms with Gasteiger partial charge in [-0.2, -0.15) is 0 Å². The molecule has 3 N–H and O–H groups in total. The first kappa shape index (κ1) is 9.98. The van der Waals surface area contributed by atoms with E-state index in [0.29, 0.717) is 13.0 Å². The topological polar surface area (TPSA) is 69.6 Å². The van der Waals surface area contributed by atoms with E-state index < -0.39 is 12.0 Å². The van der Waals surface area contributed by atoms with Gasteiger partial charge in [-0.3, -0.25) is 4.79 Å². The lowest BCUT2D eigenvalue weighted by molar-refractivity contribution is -0.139. The fraction of sp³-hybridized carbons (Fsp3) is 0.364. The van der Waals surface area contributed by atoms with E-state index in [1.165, 1.54) is 0 Å². The minimum Gasteiger partial charge on any atom is -0.508 e. The highest BCUT2D eigenvalue weighted by molar-refractivity contribution is 5.74. The number of rotatable bonds is 1. The molecule has 0 amide bonds. The van der Waals surface area contributed by atoms with Gasteiger partial charge < -0.3 is 15.5 Å². The molecule has 1 heterocycles. The summed E-state index contributed by atoms with van der Waals surface area (Å²) < 4.78 is 0. The number of fused-ring (bicyclic) bond motifs is 1. The van der Waals surface area contributed by atoms with Crippen molar-refractivity contribution in [3.05, 3.63) is 28.8 Å². The second-order valence-corrected chi connectivity index (χ2v) is 3.88. The van der Waals surface area contributed by atoms with Crippen molar-refractivity contribution in [2.24, 2.45) is 0 Å². The average molecular weight is 207 g/mol. The molecule has 1 aromatic rings. The predicted molar refractivity (Wildman–Crippen MR) is 54.8 cm³/mol. The van der Waals surface area contributed by atoms with E-state index in [1.54, 1.807) is 6.07 Å². The van der Waals surface area contributed by atoms with Crippen LogP contribution in [0.3, 0.4) is 0 Å². The molecule has 0 radical (unpaired) electrons. The predicted octanol–water partition coefficient (Wildman–Crippen LogP) is 0.800. The van der Waals surface area contributed by atoms with Crippen LogP contribution in [0.4, 0.5) is 0 Å². The summed E-state index contributed by atoms with van der Waals surface area (Å²) in [6.07, 6.45) is 0.429. The monoisotopic (exact) mass is 207 g/mol. The number of benzene rings is 1. The minimum absolute atomic E-state index is 0.236. The van der Waals surface area contributed by atoms with Crippen LogP contribution in [0.5, 0.6) is 5.75 Å². The molecule has 0 aromatic heterocycles. The summed E-state index contributed by atoms with van der Waals surface area (Å²) in [5.41, 5.74) is 2.82. The van der Waals surface area contributed by atoms with Crippen molar-refractivity contribution in [3.63, 3.8) is 0 Å². The van der Waals surface area contributed by atoms with Crippen LogP contribution in [-0.4, -0.2) is 22.2 Å². The van der Waals surface area contributed by atoms with E-state index in [9.17, 15) is 9.90 Å². The molecule has 0 fully saturated rings. The number of hydrogen-bond donors (Lipinski definition) is 3. The molecule has 15 heavy (non-hydrogen) atoms. The van der Waals surface area contributed by atoms with Gasteiger partial charge in [0.25, 0.3) is 0 Å². The summed E-state index contributed by atoms with van der Waals surface area (Å²) in [5, 5.41) is 21.3. The molecular formula is C11H13NO3. The lowest BCUT2D eigenvalue weighted by Crippen LogP contribution is -2.41. The number of carboxylic acids is 1. The van der Waals surface area contributed by atoms with E-state index in [2.05, 4.69) is 5.32 Å². The largest absolute Gasteiger partial charge is 0.508 e. The number of phenols is 1. The third-order valence-electron chi connectivity index (χ3n) is 2.78. The maximum atomic E-state index is 10.8. The maximum Gasteiger partial charge on any atom is 0.321 e. The number of carbonyl (C=O) groups is 1. The smallest absolute Gasteiger partial charge is 0.321 e. The summed E-state index contributed by atoms with van der Waals surface area (Å²) in [6.45, 7) is 2.38. The van der Waals surface area contributed by atoms with Crippen LogP contribution in [0.2, 0.25) is 0 Å². The SMILES string of the molecule is Cc1cc2c(cc1O)CC(C(=O)O)NC2. The van der Waals surface area contributed by atoms with Gasteiger partial charge in [0, 0.05) is 6.54 Å². The van der Waals surface area contributed by atoms with Gasteiger partial charge in [-0.05, 0) is 36.1 Å². The first-order valence-corrected chi connectivity index (χ1v) is 4.85. The zero-order valence-electron chi connectivity index (χ0n) is 8.45. The third kappa shape index (κ3) is 1.80. The number of nitrogens with one attached hydrogen (secondary N) is 1. The van der Waals surface area contributed by atoms with Crippen molar-refractivity contribution in [3.8, 4) is 5.75 Å².